The van der Waals surface area contributed by atoms with Crippen molar-refractivity contribution in [3.8, 4) is 11.4 Å². The maximum Gasteiger partial charge on any atom is 0.373 e. The highest BCUT2D eigenvalue weighted by Crippen LogP contribution is 2.17. The highest BCUT2D eigenvalue weighted by Gasteiger charge is 2.14. The van der Waals surface area contributed by atoms with Crippen LogP contribution >= 0.6 is 0 Å². The predicted octanol–water partition coefficient (Wildman–Crippen LogP) is -0.0356. The van der Waals surface area contributed by atoms with Gasteiger partial charge in [-0.2, -0.15) is 4.68 Å². The van der Waals surface area contributed by atoms with Crippen molar-refractivity contribution in [2.24, 2.45) is 0 Å². The molecular weight excluding hydrogens is 214 g/mol. The quantitative estimate of drug-likeness (QED) is 0.659. The van der Waals surface area contributed by atoms with Crippen LogP contribution in [0.3, 0.4) is 0 Å². The molecule has 0 spiro atoms. The predicted molar refractivity (Wildman–Crippen MR) is 52.8 cm³/mol. The van der Waals surface area contributed by atoms with E-state index in [2.05, 4.69) is 10.1 Å². The van der Waals surface area contributed by atoms with E-state index in [4.69, 9.17) is 5.11 Å². The maximum atomic E-state index is 11.4. The molecule has 0 atom stereocenters. The normalized spacial score (nSPS) is 10.2. The summed E-state index contributed by atoms with van der Waals surface area (Å²) in [6.45, 7) is 0. The zero-order chi connectivity index (χ0) is 11.7. The number of hydrogen-bond donors (Lipinski definition) is 3. The molecule has 82 valence electrons. The molecule has 0 aliphatic carbocycles. The van der Waals surface area contributed by atoms with Crippen molar-refractivity contribution >= 4 is 5.97 Å². The minimum absolute atomic E-state index is 0.122. The third kappa shape index (κ3) is 1.54. The van der Waals surface area contributed by atoms with E-state index in [1.54, 1.807) is 12.1 Å². The summed E-state index contributed by atoms with van der Waals surface area (Å²) in [5.41, 5.74) is -0.602. The topological polar surface area (TPSA) is 108 Å². The van der Waals surface area contributed by atoms with Crippen molar-refractivity contribution in [1.82, 2.24) is 14.8 Å². The summed E-state index contributed by atoms with van der Waals surface area (Å²) in [6.07, 6.45) is 0. The van der Waals surface area contributed by atoms with Crippen LogP contribution in [0, 0.1) is 0 Å². The van der Waals surface area contributed by atoms with Crippen molar-refractivity contribution in [2.75, 3.05) is 0 Å². The van der Waals surface area contributed by atoms with Gasteiger partial charge in [0.2, 0.25) is 5.82 Å². The lowest BCUT2D eigenvalue weighted by Crippen LogP contribution is -2.15. The van der Waals surface area contributed by atoms with Gasteiger partial charge in [-0.15, -0.1) is 5.10 Å². The Hall–Kier alpha value is -2.57. The van der Waals surface area contributed by atoms with Crippen molar-refractivity contribution in [1.29, 1.82) is 0 Å². The van der Waals surface area contributed by atoms with E-state index < -0.39 is 17.5 Å². The second kappa shape index (κ2) is 3.54. The zero-order valence-corrected chi connectivity index (χ0v) is 7.91. The highest BCUT2D eigenvalue weighted by molar-refractivity contribution is 5.82. The summed E-state index contributed by atoms with van der Waals surface area (Å²) >= 11 is 0. The average Bonchev–Trinajstić information content (AvgIpc) is 2.61. The summed E-state index contributed by atoms with van der Waals surface area (Å²) < 4.78 is 0.790. The Morgan fingerprint density at radius 3 is 2.62 bits per heavy atom. The maximum absolute atomic E-state index is 11.4. The van der Waals surface area contributed by atoms with E-state index in [0.717, 1.165) is 4.68 Å². The average molecular weight is 221 g/mol. The van der Waals surface area contributed by atoms with Gasteiger partial charge in [-0.3, -0.25) is 4.98 Å². The van der Waals surface area contributed by atoms with Gasteiger partial charge in [-0.05, 0) is 12.1 Å². The van der Waals surface area contributed by atoms with Gasteiger partial charge in [-0.1, -0.05) is 12.1 Å². The lowest BCUT2D eigenvalue weighted by Gasteiger charge is -2.00. The lowest BCUT2D eigenvalue weighted by atomic mass is 10.3. The molecule has 0 saturated carbocycles. The summed E-state index contributed by atoms with van der Waals surface area (Å²) in [6, 6.07) is 5.99. The number of H-pyrrole nitrogens is 1. The van der Waals surface area contributed by atoms with E-state index in [9.17, 15) is 14.7 Å². The molecule has 7 heteroatoms. The van der Waals surface area contributed by atoms with Crippen LogP contribution in [0.5, 0.6) is 5.75 Å². The zero-order valence-electron chi connectivity index (χ0n) is 7.91. The molecule has 0 aliphatic heterocycles. The number of phenolic OH excluding ortho intramolecular Hbond substituents is 1. The molecule has 0 amide bonds. The molecule has 1 aromatic heterocycles. The Kier molecular flexibility index (Phi) is 2.20. The van der Waals surface area contributed by atoms with Crippen LogP contribution < -0.4 is 5.69 Å². The van der Waals surface area contributed by atoms with Gasteiger partial charge in [0.25, 0.3) is 0 Å². The number of nitrogens with zero attached hydrogens (tertiary/aromatic N) is 2. The molecule has 0 unspecified atom stereocenters. The number of hydrogen-bond acceptors (Lipinski definition) is 4. The van der Waals surface area contributed by atoms with Gasteiger partial charge in [0.15, 0.2) is 0 Å². The number of aromatic amines is 1. The number of phenols is 1. The van der Waals surface area contributed by atoms with E-state index in [0.29, 0.717) is 0 Å². The number of benzene rings is 1. The Morgan fingerprint density at radius 1 is 1.38 bits per heavy atom. The standard InChI is InChI=1S/C9H7N3O4/c13-6-4-2-1-3-5(6)12-9(16)10-7(11-12)8(14)15/h1-4,13H,(H,14,15)(H,10,11,16). The molecule has 0 bridgehead atoms. The molecule has 0 radical (unpaired) electrons. The number of rotatable bonds is 2. The molecule has 2 rings (SSSR count). The van der Waals surface area contributed by atoms with Crippen LogP contribution in [0.4, 0.5) is 0 Å². The summed E-state index contributed by atoms with van der Waals surface area (Å²) in [7, 11) is 0. The molecule has 0 saturated heterocycles. The number of carbonyl (C=O) groups is 1. The minimum Gasteiger partial charge on any atom is -0.506 e. The van der Waals surface area contributed by atoms with Gasteiger partial charge in [0.05, 0.1) is 0 Å². The minimum atomic E-state index is -1.34. The number of aromatic carboxylic acids is 1. The number of aromatic hydroxyl groups is 1. The fraction of sp³-hybridized carbons (Fsp3) is 0. The SMILES string of the molecule is O=C(O)c1nn(-c2ccccc2O)c(=O)[nH]1. The van der Waals surface area contributed by atoms with Crippen LogP contribution in [0.1, 0.15) is 10.6 Å². The Morgan fingerprint density at radius 2 is 2.06 bits per heavy atom. The van der Waals surface area contributed by atoms with Crippen molar-refractivity contribution in [3.05, 3.63) is 40.6 Å². The second-order valence-electron chi connectivity index (χ2n) is 2.98. The first kappa shape index (κ1) is 9.97. The second-order valence-corrected chi connectivity index (χ2v) is 2.98. The Labute approximate surface area is 88.6 Å². The fourth-order valence-electron chi connectivity index (χ4n) is 1.23. The van der Waals surface area contributed by atoms with Crippen molar-refractivity contribution in [2.45, 2.75) is 0 Å². The number of para-hydroxylation sites is 2. The smallest absolute Gasteiger partial charge is 0.373 e. The van der Waals surface area contributed by atoms with E-state index in [-0.39, 0.29) is 11.4 Å². The van der Waals surface area contributed by atoms with Gasteiger partial charge in [0.1, 0.15) is 11.4 Å². The molecular formula is C9H7N3O4. The van der Waals surface area contributed by atoms with Gasteiger partial charge >= 0.3 is 11.7 Å². The van der Waals surface area contributed by atoms with E-state index in [1.807, 2.05) is 0 Å². The van der Waals surface area contributed by atoms with Crippen LogP contribution in [-0.4, -0.2) is 30.9 Å². The van der Waals surface area contributed by atoms with Crippen LogP contribution in [0.15, 0.2) is 29.1 Å². The summed E-state index contributed by atoms with van der Waals surface area (Å²) in [5, 5.41) is 21.6. The van der Waals surface area contributed by atoms with E-state index in [1.165, 1.54) is 12.1 Å². The Bertz CT molecular complexity index is 599. The molecule has 3 N–H and O–H groups in total. The molecule has 0 fully saturated rings. The molecule has 1 aromatic carbocycles. The van der Waals surface area contributed by atoms with Gasteiger partial charge in [-0.25, -0.2) is 9.59 Å². The molecule has 1 heterocycles. The van der Waals surface area contributed by atoms with E-state index >= 15 is 0 Å². The largest absolute Gasteiger partial charge is 0.506 e. The van der Waals surface area contributed by atoms with Crippen molar-refractivity contribution < 1.29 is 15.0 Å². The van der Waals surface area contributed by atoms with Crippen LogP contribution in [0.2, 0.25) is 0 Å². The molecule has 2 aromatic rings. The van der Waals surface area contributed by atoms with Crippen LogP contribution in [0.25, 0.3) is 5.69 Å². The summed E-state index contributed by atoms with van der Waals surface area (Å²) in [4.78, 5) is 24.0. The first-order chi connectivity index (χ1) is 7.59. The number of carboxylic acid groups (broad SMARTS) is 1. The monoisotopic (exact) mass is 221 g/mol. The lowest BCUT2D eigenvalue weighted by molar-refractivity contribution is 0.0683. The number of nitrogens with one attached hydrogen (secondary N) is 1. The first-order valence-corrected chi connectivity index (χ1v) is 4.30. The number of carboxylic acids is 1. The number of aromatic nitrogens is 3. The molecule has 16 heavy (non-hydrogen) atoms. The van der Waals surface area contributed by atoms with Crippen molar-refractivity contribution in [3.63, 3.8) is 0 Å². The third-order valence-electron chi connectivity index (χ3n) is 1.93. The molecule has 7 nitrogen and oxygen atoms in total. The van der Waals surface area contributed by atoms with Gasteiger partial charge < -0.3 is 10.2 Å². The molecule has 0 aliphatic rings. The fourth-order valence-corrected chi connectivity index (χ4v) is 1.23. The third-order valence-corrected chi connectivity index (χ3v) is 1.93. The summed E-state index contributed by atoms with van der Waals surface area (Å²) in [5.74, 6) is -1.98. The van der Waals surface area contributed by atoms with Gasteiger partial charge in [0, 0.05) is 0 Å². The highest BCUT2D eigenvalue weighted by atomic mass is 16.4. The van der Waals surface area contributed by atoms with Crippen LogP contribution in [-0.2, 0) is 0 Å². The Balaban J connectivity index is 2.61. The first-order valence-electron chi connectivity index (χ1n) is 4.30.